The molecule has 0 aliphatic heterocycles. The number of anilines is 1. The van der Waals surface area contributed by atoms with Crippen LogP contribution >= 0.6 is 39.1 Å². The predicted molar refractivity (Wildman–Crippen MR) is 79.3 cm³/mol. The molecular weight excluding hydrogens is 356 g/mol. The first-order valence-corrected chi connectivity index (χ1v) is 6.83. The standard InChI is InChI=1S/C13H9BrCl2FNO/c14-10-3-8(15)4-12(18)13(10)19-6-7-1-2-9(17)5-11(7)16/h1-5H,6,18H2. The van der Waals surface area contributed by atoms with E-state index in [9.17, 15) is 4.39 Å². The van der Waals surface area contributed by atoms with E-state index in [-0.39, 0.29) is 12.4 Å². The molecule has 0 radical (unpaired) electrons. The van der Waals surface area contributed by atoms with Gasteiger partial charge in [-0.15, -0.1) is 0 Å². The van der Waals surface area contributed by atoms with Gasteiger partial charge in [-0.25, -0.2) is 4.39 Å². The normalized spacial score (nSPS) is 10.5. The van der Waals surface area contributed by atoms with E-state index in [0.717, 1.165) is 0 Å². The Morgan fingerprint density at radius 3 is 2.58 bits per heavy atom. The smallest absolute Gasteiger partial charge is 0.156 e. The first-order chi connectivity index (χ1) is 8.97. The summed E-state index contributed by atoms with van der Waals surface area (Å²) in [6, 6.07) is 7.40. The van der Waals surface area contributed by atoms with Crippen LogP contribution in [0, 0.1) is 5.82 Å². The molecule has 0 saturated heterocycles. The molecule has 0 unspecified atom stereocenters. The van der Waals surface area contributed by atoms with Gasteiger partial charge in [-0.3, -0.25) is 0 Å². The molecule has 0 fully saturated rings. The van der Waals surface area contributed by atoms with Gasteiger partial charge in [0, 0.05) is 10.6 Å². The van der Waals surface area contributed by atoms with Crippen LogP contribution in [0.3, 0.4) is 0 Å². The van der Waals surface area contributed by atoms with Crippen molar-refractivity contribution in [2.24, 2.45) is 0 Å². The first kappa shape index (κ1) is 14.4. The zero-order chi connectivity index (χ0) is 14.0. The van der Waals surface area contributed by atoms with Crippen molar-refractivity contribution >= 4 is 44.8 Å². The van der Waals surface area contributed by atoms with Crippen LogP contribution < -0.4 is 10.5 Å². The van der Waals surface area contributed by atoms with Crippen LogP contribution in [0.15, 0.2) is 34.8 Å². The Kier molecular flexibility index (Phi) is 4.55. The average molecular weight is 365 g/mol. The molecule has 0 atom stereocenters. The minimum atomic E-state index is -0.388. The van der Waals surface area contributed by atoms with Crippen molar-refractivity contribution in [2.45, 2.75) is 6.61 Å². The second-order valence-electron chi connectivity index (χ2n) is 3.83. The molecule has 0 heterocycles. The Labute approximate surface area is 128 Å². The molecule has 2 aromatic rings. The summed E-state index contributed by atoms with van der Waals surface area (Å²) in [4.78, 5) is 0. The fourth-order valence-corrected chi connectivity index (χ4v) is 2.69. The van der Waals surface area contributed by atoms with E-state index in [1.807, 2.05) is 0 Å². The first-order valence-electron chi connectivity index (χ1n) is 5.28. The maximum absolute atomic E-state index is 12.9. The predicted octanol–water partition coefficient (Wildman–Crippen LogP) is 5.06. The van der Waals surface area contributed by atoms with Crippen LogP contribution in [0.2, 0.25) is 10.0 Å². The van der Waals surface area contributed by atoms with Gasteiger partial charge < -0.3 is 10.5 Å². The highest BCUT2D eigenvalue weighted by atomic mass is 79.9. The third kappa shape index (κ3) is 3.53. The third-order valence-corrected chi connectivity index (χ3v) is 3.58. The molecule has 0 saturated carbocycles. The SMILES string of the molecule is Nc1cc(Cl)cc(Br)c1OCc1ccc(F)cc1Cl. The van der Waals surface area contributed by atoms with Crippen LogP contribution in [-0.2, 0) is 6.61 Å². The highest BCUT2D eigenvalue weighted by Gasteiger charge is 2.09. The molecule has 2 N–H and O–H groups in total. The summed E-state index contributed by atoms with van der Waals surface area (Å²) in [5.74, 6) is 0.0886. The molecule has 2 rings (SSSR count). The van der Waals surface area contributed by atoms with E-state index >= 15 is 0 Å². The van der Waals surface area contributed by atoms with Gasteiger partial charge in [0.1, 0.15) is 12.4 Å². The molecule has 19 heavy (non-hydrogen) atoms. The molecule has 100 valence electrons. The summed E-state index contributed by atoms with van der Waals surface area (Å²) in [7, 11) is 0. The second kappa shape index (κ2) is 5.99. The highest BCUT2D eigenvalue weighted by Crippen LogP contribution is 2.35. The lowest BCUT2D eigenvalue weighted by Gasteiger charge is -2.12. The Morgan fingerprint density at radius 2 is 1.95 bits per heavy atom. The van der Waals surface area contributed by atoms with Crippen molar-refractivity contribution in [1.82, 2.24) is 0 Å². The van der Waals surface area contributed by atoms with Crippen molar-refractivity contribution < 1.29 is 9.13 Å². The van der Waals surface area contributed by atoms with E-state index in [1.54, 1.807) is 18.2 Å². The summed E-state index contributed by atoms with van der Waals surface area (Å²) in [6.45, 7) is 0.184. The Balaban J connectivity index is 2.19. The topological polar surface area (TPSA) is 35.2 Å². The molecule has 6 heteroatoms. The highest BCUT2D eigenvalue weighted by molar-refractivity contribution is 9.10. The number of rotatable bonds is 3. The Morgan fingerprint density at radius 1 is 1.21 bits per heavy atom. The van der Waals surface area contributed by atoms with Crippen molar-refractivity contribution in [1.29, 1.82) is 0 Å². The van der Waals surface area contributed by atoms with Gasteiger partial charge in [-0.05, 0) is 40.2 Å². The second-order valence-corrected chi connectivity index (χ2v) is 5.53. The maximum atomic E-state index is 12.9. The van der Waals surface area contributed by atoms with Crippen LogP contribution in [0.4, 0.5) is 10.1 Å². The van der Waals surface area contributed by atoms with Gasteiger partial charge >= 0.3 is 0 Å². The largest absolute Gasteiger partial charge is 0.485 e. The fourth-order valence-electron chi connectivity index (χ4n) is 1.52. The van der Waals surface area contributed by atoms with E-state index in [4.69, 9.17) is 33.7 Å². The molecular formula is C13H9BrCl2FNO. The minimum Gasteiger partial charge on any atom is -0.485 e. The van der Waals surface area contributed by atoms with E-state index in [1.165, 1.54) is 12.1 Å². The lowest BCUT2D eigenvalue weighted by Crippen LogP contribution is -2.00. The number of benzene rings is 2. The van der Waals surface area contributed by atoms with Crippen LogP contribution in [0.5, 0.6) is 5.75 Å². The zero-order valence-electron chi connectivity index (χ0n) is 9.59. The number of nitrogen functional groups attached to an aromatic ring is 1. The Bertz CT molecular complexity index is 599. The van der Waals surface area contributed by atoms with Crippen molar-refractivity contribution in [3.05, 3.63) is 56.2 Å². The molecule has 0 aromatic heterocycles. The Hall–Kier alpha value is -0.970. The molecule has 0 aliphatic rings. The van der Waals surface area contributed by atoms with Crippen molar-refractivity contribution in [3.8, 4) is 5.75 Å². The van der Waals surface area contributed by atoms with Gasteiger partial charge in [0.05, 0.1) is 15.2 Å². The molecule has 2 nitrogen and oxygen atoms in total. The zero-order valence-corrected chi connectivity index (χ0v) is 12.7. The van der Waals surface area contributed by atoms with Crippen molar-refractivity contribution in [2.75, 3.05) is 5.73 Å². The number of ether oxygens (including phenoxy) is 1. The molecule has 0 bridgehead atoms. The lowest BCUT2D eigenvalue weighted by molar-refractivity contribution is 0.306. The maximum Gasteiger partial charge on any atom is 0.156 e. The van der Waals surface area contributed by atoms with Crippen LogP contribution in [-0.4, -0.2) is 0 Å². The van der Waals surface area contributed by atoms with Gasteiger partial charge in [0.2, 0.25) is 0 Å². The molecule has 0 aliphatic carbocycles. The van der Waals surface area contributed by atoms with Gasteiger partial charge in [-0.2, -0.15) is 0 Å². The van der Waals surface area contributed by atoms with Gasteiger partial charge in [0.15, 0.2) is 5.75 Å². The summed E-state index contributed by atoms with van der Waals surface area (Å²) in [5.41, 5.74) is 6.90. The third-order valence-electron chi connectivity index (χ3n) is 2.42. The van der Waals surface area contributed by atoms with Crippen LogP contribution in [0.25, 0.3) is 0 Å². The van der Waals surface area contributed by atoms with E-state index < -0.39 is 0 Å². The van der Waals surface area contributed by atoms with Crippen LogP contribution in [0.1, 0.15) is 5.56 Å². The lowest BCUT2D eigenvalue weighted by atomic mass is 10.2. The monoisotopic (exact) mass is 363 g/mol. The minimum absolute atomic E-state index is 0.184. The summed E-state index contributed by atoms with van der Waals surface area (Å²) >= 11 is 15.1. The molecule has 0 spiro atoms. The fraction of sp³-hybridized carbons (Fsp3) is 0.0769. The molecule has 0 amide bonds. The summed E-state index contributed by atoms with van der Waals surface area (Å²) < 4.78 is 19.2. The number of hydrogen-bond donors (Lipinski definition) is 1. The number of halogens is 4. The quantitative estimate of drug-likeness (QED) is 0.773. The summed E-state index contributed by atoms with van der Waals surface area (Å²) in [5, 5.41) is 0.820. The summed E-state index contributed by atoms with van der Waals surface area (Å²) in [6.07, 6.45) is 0. The van der Waals surface area contributed by atoms with Crippen molar-refractivity contribution in [3.63, 3.8) is 0 Å². The van der Waals surface area contributed by atoms with E-state index in [2.05, 4.69) is 15.9 Å². The van der Waals surface area contributed by atoms with E-state index in [0.29, 0.717) is 31.5 Å². The average Bonchev–Trinajstić information content (AvgIpc) is 2.30. The van der Waals surface area contributed by atoms with Gasteiger partial charge in [-0.1, -0.05) is 29.3 Å². The van der Waals surface area contributed by atoms with Gasteiger partial charge in [0.25, 0.3) is 0 Å². The number of hydrogen-bond acceptors (Lipinski definition) is 2. The number of nitrogens with two attached hydrogens (primary N) is 1. The molecule has 2 aromatic carbocycles.